The van der Waals surface area contributed by atoms with Crippen LogP contribution in [0.2, 0.25) is 0 Å². The third-order valence-electron chi connectivity index (χ3n) is 5.31. The highest BCUT2D eigenvalue weighted by molar-refractivity contribution is 6.01. The number of benzene rings is 3. The van der Waals surface area contributed by atoms with Crippen LogP contribution in [-0.4, -0.2) is 17.4 Å². The lowest BCUT2D eigenvalue weighted by Gasteiger charge is -2.07. The van der Waals surface area contributed by atoms with Gasteiger partial charge in [-0.05, 0) is 61.4 Å². The first-order valence-corrected chi connectivity index (χ1v) is 10.1. The minimum Gasteiger partial charge on any atom is -0.254 e. The van der Waals surface area contributed by atoms with Crippen molar-refractivity contribution in [3.63, 3.8) is 0 Å². The van der Waals surface area contributed by atoms with Crippen LogP contribution in [0.15, 0.2) is 76.7 Å². The van der Waals surface area contributed by atoms with Crippen LogP contribution >= 0.6 is 0 Å². The molecule has 1 heterocycles. The maximum absolute atomic E-state index is 4.85. The van der Waals surface area contributed by atoms with Crippen molar-refractivity contribution < 1.29 is 0 Å². The predicted molar refractivity (Wildman–Crippen MR) is 128 cm³/mol. The van der Waals surface area contributed by atoms with E-state index in [0.29, 0.717) is 0 Å². The topological polar surface area (TPSA) is 37.6 Å². The first-order valence-electron chi connectivity index (χ1n) is 10.1. The smallest absolute Gasteiger partial charge is 0.0898 e. The summed E-state index contributed by atoms with van der Waals surface area (Å²) >= 11 is 0. The lowest BCUT2D eigenvalue weighted by molar-refractivity contribution is 1.28. The van der Waals surface area contributed by atoms with Crippen LogP contribution < -0.4 is 0 Å². The molecule has 0 aliphatic rings. The molecule has 0 unspecified atom stereocenters. The zero-order valence-corrected chi connectivity index (χ0v) is 17.8. The van der Waals surface area contributed by atoms with Crippen molar-refractivity contribution in [2.24, 2.45) is 9.98 Å². The molecule has 0 aliphatic carbocycles. The molecule has 0 amide bonds. The van der Waals surface area contributed by atoms with Crippen LogP contribution in [0.5, 0.6) is 0 Å². The fourth-order valence-corrected chi connectivity index (χ4v) is 3.69. The Morgan fingerprint density at radius 1 is 0.633 bits per heavy atom. The van der Waals surface area contributed by atoms with Gasteiger partial charge in [0.15, 0.2) is 0 Å². The van der Waals surface area contributed by atoms with Gasteiger partial charge < -0.3 is 0 Å². The van der Waals surface area contributed by atoms with Crippen molar-refractivity contribution >= 4 is 34.6 Å². The van der Waals surface area contributed by atoms with E-state index in [1.54, 1.807) is 0 Å². The molecule has 1 aromatic heterocycles. The Hall–Kier alpha value is -3.59. The van der Waals surface area contributed by atoms with E-state index in [4.69, 9.17) is 15.0 Å². The number of aryl methyl sites for hydroxylation is 4. The van der Waals surface area contributed by atoms with Crippen LogP contribution in [0, 0.1) is 27.7 Å². The second-order valence-corrected chi connectivity index (χ2v) is 7.65. The summed E-state index contributed by atoms with van der Waals surface area (Å²) in [6.07, 6.45) is 3.71. The molecule has 4 rings (SSSR count). The maximum Gasteiger partial charge on any atom is 0.0898 e. The number of fused-ring (bicyclic) bond motifs is 1. The highest BCUT2D eigenvalue weighted by Crippen LogP contribution is 2.25. The Bertz CT molecular complexity index is 1240. The van der Waals surface area contributed by atoms with Gasteiger partial charge in [0, 0.05) is 5.39 Å². The van der Waals surface area contributed by atoms with Gasteiger partial charge in [-0.25, -0.2) is 4.98 Å². The summed E-state index contributed by atoms with van der Waals surface area (Å²) < 4.78 is 0. The monoisotopic (exact) mass is 391 g/mol. The summed E-state index contributed by atoms with van der Waals surface area (Å²) in [7, 11) is 0. The molecule has 3 aromatic carbocycles. The molecule has 0 spiro atoms. The minimum absolute atomic E-state index is 0.819. The third kappa shape index (κ3) is 4.06. The lowest BCUT2D eigenvalue weighted by atomic mass is 10.1. The molecule has 0 aliphatic heterocycles. The summed E-state index contributed by atoms with van der Waals surface area (Å²) in [6, 6.07) is 22.8. The number of pyridine rings is 1. The molecule has 4 aromatic rings. The van der Waals surface area contributed by atoms with Crippen LogP contribution in [0.25, 0.3) is 10.8 Å². The second-order valence-electron chi connectivity index (χ2n) is 7.65. The molecule has 148 valence electrons. The number of aliphatic imine (C=N–C) groups is 2. The third-order valence-corrected chi connectivity index (χ3v) is 5.31. The molecule has 30 heavy (non-hydrogen) atoms. The first kappa shape index (κ1) is 19.7. The van der Waals surface area contributed by atoms with E-state index in [2.05, 4.69) is 82.3 Å². The fraction of sp³-hybridized carbons (Fsp3) is 0.148. The standard InChI is InChI=1S/C27H25N3/c1-18-9-7-10-19(2)26(18)28-16-23-15-22-13-5-6-14-24(22)25(30-23)17-29-27-20(3)11-8-12-21(27)4/h5-17H,1-4H3/b28-16+,29-17+. The molecule has 0 N–H and O–H groups in total. The lowest BCUT2D eigenvalue weighted by Crippen LogP contribution is -1.96. The van der Waals surface area contributed by atoms with E-state index < -0.39 is 0 Å². The van der Waals surface area contributed by atoms with Gasteiger partial charge in [-0.3, -0.25) is 9.98 Å². The Balaban J connectivity index is 1.78. The molecular weight excluding hydrogens is 366 g/mol. The zero-order valence-electron chi connectivity index (χ0n) is 17.8. The van der Waals surface area contributed by atoms with E-state index in [9.17, 15) is 0 Å². The summed E-state index contributed by atoms with van der Waals surface area (Å²) in [5.74, 6) is 0. The minimum atomic E-state index is 0.819. The second kappa shape index (κ2) is 8.42. The number of nitrogens with zero attached hydrogens (tertiary/aromatic N) is 3. The van der Waals surface area contributed by atoms with Crippen LogP contribution in [-0.2, 0) is 0 Å². The average molecular weight is 392 g/mol. The number of para-hydroxylation sites is 2. The Morgan fingerprint density at radius 3 is 1.77 bits per heavy atom. The van der Waals surface area contributed by atoms with Crippen molar-refractivity contribution in [2.75, 3.05) is 0 Å². The summed E-state index contributed by atoms with van der Waals surface area (Å²) in [6.45, 7) is 8.32. The van der Waals surface area contributed by atoms with Gasteiger partial charge in [-0.1, -0.05) is 60.7 Å². The van der Waals surface area contributed by atoms with Crippen molar-refractivity contribution in [1.82, 2.24) is 4.98 Å². The number of aromatic nitrogens is 1. The summed E-state index contributed by atoms with van der Waals surface area (Å²) in [5.41, 5.74) is 8.29. The van der Waals surface area contributed by atoms with E-state index in [-0.39, 0.29) is 0 Å². The molecule has 0 saturated heterocycles. The van der Waals surface area contributed by atoms with Crippen molar-refractivity contribution in [2.45, 2.75) is 27.7 Å². The summed E-state index contributed by atoms with van der Waals surface area (Å²) in [5, 5.41) is 2.20. The maximum atomic E-state index is 4.85. The Kier molecular flexibility index (Phi) is 5.53. The van der Waals surface area contributed by atoms with Gasteiger partial charge in [-0.2, -0.15) is 0 Å². The van der Waals surface area contributed by atoms with Crippen LogP contribution in [0.3, 0.4) is 0 Å². The molecule has 0 radical (unpaired) electrons. The van der Waals surface area contributed by atoms with E-state index in [0.717, 1.165) is 55.8 Å². The Morgan fingerprint density at radius 2 is 1.17 bits per heavy atom. The van der Waals surface area contributed by atoms with Crippen molar-refractivity contribution in [3.05, 3.63) is 100 Å². The van der Waals surface area contributed by atoms with Gasteiger partial charge >= 0.3 is 0 Å². The van der Waals surface area contributed by atoms with Crippen LogP contribution in [0.1, 0.15) is 33.6 Å². The van der Waals surface area contributed by atoms with Gasteiger partial charge in [0.2, 0.25) is 0 Å². The molecule has 3 heteroatoms. The van der Waals surface area contributed by atoms with Crippen LogP contribution in [0.4, 0.5) is 11.4 Å². The van der Waals surface area contributed by atoms with E-state index in [1.807, 2.05) is 24.6 Å². The number of hydrogen-bond donors (Lipinski definition) is 0. The average Bonchev–Trinajstić information content (AvgIpc) is 2.73. The predicted octanol–water partition coefficient (Wildman–Crippen LogP) is 6.97. The first-order chi connectivity index (χ1) is 14.5. The molecule has 0 bridgehead atoms. The SMILES string of the molecule is Cc1cccc(C)c1/N=C/c1cc2ccccc2c(/C=N/c2c(C)cccc2C)n1. The zero-order chi connectivity index (χ0) is 21.1. The summed E-state index contributed by atoms with van der Waals surface area (Å²) in [4.78, 5) is 14.4. The van der Waals surface area contributed by atoms with Crippen molar-refractivity contribution in [3.8, 4) is 0 Å². The molecular formula is C27H25N3. The molecule has 0 atom stereocenters. The number of hydrogen-bond acceptors (Lipinski definition) is 3. The van der Waals surface area contributed by atoms with Gasteiger partial charge in [-0.15, -0.1) is 0 Å². The van der Waals surface area contributed by atoms with Gasteiger partial charge in [0.1, 0.15) is 0 Å². The fourth-order valence-electron chi connectivity index (χ4n) is 3.69. The quantitative estimate of drug-likeness (QED) is 0.346. The largest absolute Gasteiger partial charge is 0.254 e. The van der Waals surface area contributed by atoms with E-state index in [1.165, 1.54) is 0 Å². The highest BCUT2D eigenvalue weighted by atomic mass is 14.8. The van der Waals surface area contributed by atoms with Gasteiger partial charge in [0.05, 0.1) is 35.2 Å². The molecule has 3 nitrogen and oxygen atoms in total. The van der Waals surface area contributed by atoms with Crippen molar-refractivity contribution in [1.29, 1.82) is 0 Å². The van der Waals surface area contributed by atoms with Gasteiger partial charge in [0.25, 0.3) is 0 Å². The Labute approximate surface area is 177 Å². The molecule has 0 saturated carbocycles. The number of rotatable bonds is 4. The normalized spacial score (nSPS) is 11.7. The van der Waals surface area contributed by atoms with E-state index >= 15 is 0 Å². The molecule has 0 fully saturated rings. The highest BCUT2D eigenvalue weighted by Gasteiger charge is 2.06.